The third-order valence-corrected chi connectivity index (χ3v) is 3.08. The van der Waals surface area contributed by atoms with Crippen molar-refractivity contribution in [2.24, 2.45) is 0 Å². The second kappa shape index (κ2) is 4.49. The number of imidazole rings is 1. The lowest BCUT2D eigenvalue weighted by Gasteiger charge is -2.23. The van der Waals surface area contributed by atoms with E-state index in [1.807, 2.05) is 6.20 Å². The maximum atomic E-state index is 4.07. The first-order valence-corrected chi connectivity index (χ1v) is 5.98. The molecule has 0 amide bonds. The molecule has 4 heteroatoms. The predicted molar refractivity (Wildman–Crippen MR) is 69.2 cm³/mol. The topological polar surface area (TPSA) is 44.0 Å². The van der Waals surface area contributed by atoms with Crippen molar-refractivity contribution in [2.45, 2.75) is 13.0 Å². The third kappa shape index (κ3) is 2.11. The van der Waals surface area contributed by atoms with Crippen LogP contribution >= 0.6 is 0 Å². The number of aromatic nitrogens is 2. The quantitative estimate of drug-likeness (QED) is 0.828. The summed E-state index contributed by atoms with van der Waals surface area (Å²) in [5.41, 5.74) is 3.66. The number of hydrogen-bond donors (Lipinski definition) is 2. The highest BCUT2D eigenvalue weighted by Gasteiger charge is 2.14. The van der Waals surface area contributed by atoms with Crippen molar-refractivity contribution in [3.63, 3.8) is 0 Å². The Hall–Kier alpha value is -1.97. The predicted octanol–water partition coefficient (Wildman–Crippen LogP) is 2.23. The minimum atomic E-state index is 0.888. The van der Waals surface area contributed by atoms with Crippen LogP contribution in [0, 0.1) is 0 Å². The summed E-state index contributed by atoms with van der Waals surface area (Å²) < 4.78 is 0. The Kier molecular flexibility index (Phi) is 2.69. The lowest BCUT2D eigenvalue weighted by atomic mass is 10.2. The smallest absolute Gasteiger partial charge is 0.0922 e. The number of para-hydroxylation sites is 2. The highest BCUT2D eigenvalue weighted by Crippen LogP contribution is 2.28. The number of hydrogen-bond acceptors (Lipinski definition) is 3. The Morgan fingerprint density at radius 1 is 1.29 bits per heavy atom. The molecule has 0 radical (unpaired) electrons. The Balaban J connectivity index is 1.89. The summed E-state index contributed by atoms with van der Waals surface area (Å²) in [5.74, 6) is 0. The molecule has 1 aliphatic rings. The molecule has 1 aromatic carbocycles. The van der Waals surface area contributed by atoms with Gasteiger partial charge in [0.05, 0.1) is 29.9 Å². The van der Waals surface area contributed by atoms with Crippen molar-refractivity contribution < 1.29 is 0 Å². The molecule has 0 saturated carbocycles. The zero-order valence-corrected chi connectivity index (χ0v) is 9.69. The largest absolute Gasteiger partial charge is 0.383 e. The van der Waals surface area contributed by atoms with E-state index in [1.165, 1.54) is 11.4 Å². The highest BCUT2D eigenvalue weighted by atomic mass is 15.2. The van der Waals surface area contributed by atoms with Gasteiger partial charge in [0, 0.05) is 19.3 Å². The number of anilines is 2. The first-order chi connectivity index (χ1) is 8.43. The van der Waals surface area contributed by atoms with E-state index in [0.29, 0.717) is 0 Å². The molecule has 0 saturated heterocycles. The van der Waals surface area contributed by atoms with E-state index >= 15 is 0 Å². The van der Waals surface area contributed by atoms with Crippen LogP contribution in [-0.4, -0.2) is 23.1 Å². The summed E-state index contributed by atoms with van der Waals surface area (Å²) in [5, 5.41) is 3.47. The minimum Gasteiger partial charge on any atom is -0.383 e. The van der Waals surface area contributed by atoms with Gasteiger partial charge in [-0.3, -0.25) is 0 Å². The Bertz CT molecular complexity index is 478. The Morgan fingerprint density at radius 2 is 2.24 bits per heavy atom. The van der Waals surface area contributed by atoms with Crippen LogP contribution in [0.3, 0.4) is 0 Å². The van der Waals surface area contributed by atoms with E-state index in [4.69, 9.17) is 0 Å². The van der Waals surface area contributed by atoms with Gasteiger partial charge in [0.25, 0.3) is 0 Å². The monoisotopic (exact) mass is 228 g/mol. The van der Waals surface area contributed by atoms with Crippen LogP contribution in [0.5, 0.6) is 0 Å². The average molecular weight is 228 g/mol. The molecular formula is C13H16N4. The normalized spacial score (nSPS) is 14.9. The molecule has 1 aromatic heterocycles. The lowest BCUT2D eigenvalue weighted by Crippen LogP contribution is -2.23. The number of aromatic amines is 1. The van der Waals surface area contributed by atoms with E-state index in [-0.39, 0.29) is 0 Å². The van der Waals surface area contributed by atoms with Gasteiger partial charge in [-0.2, -0.15) is 0 Å². The maximum Gasteiger partial charge on any atom is 0.0922 e. The second-order valence-corrected chi connectivity index (χ2v) is 4.30. The Labute approximate surface area is 101 Å². The van der Waals surface area contributed by atoms with E-state index < -0.39 is 0 Å². The van der Waals surface area contributed by atoms with Crippen molar-refractivity contribution in [3.8, 4) is 0 Å². The first kappa shape index (κ1) is 10.2. The van der Waals surface area contributed by atoms with Crippen LogP contribution in [-0.2, 0) is 6.54 Å². The maximum absolute atomic E-state index is 4.07. The third-order valence-electron chi connectivity index (χ3n) is 3.08. The lowest BCUT2D eigenvalue weighted by molar-refractivity contribution is 0.754. The molecule has 0 fully saturated rings. The molecule has 88 valence electrons. The zero-order valence-electron chi connectivity index (χ0n) is 9.69. The summed E-state index contributed by atoms with van der Waals surface area (Å²) in [7, 11) is 0. The van der Waals surface area contributed by atoms with Crippen LogP contribution in [0.4, 0.5) is 11.4 Å². The summed E-state index contributed by atoms with van der Waals surface area (Å²) in [6.45, 7) is 3.00. The highest BCUT2D eigenvalue weighted by molar-refractivity contribution is 5.70. The summed E-state index contributed by atoms with van der Waals surface area (Å²) in [4.78, 5) is 9.62. The molecule has 4 nitrogen and oxygen atoms in total. The molecule has 0 atom stereocenters. The molecule has 1 aliphatic heterocycles. The van der Waals surface area contributed by atoms with Crippen molar-refractivity contribution in [1.29, 1.82) is 0 Å². The van der Waals surface area contributed by atoms with Gasteiger partial charge < -0.3 is 15.2 Å². The van der Waals surface area contributed by atoms with Crippen LogP contribution in [0.15, 0.2) is 36.8 Å². The molecule has 0 spiro atoms. The summed E-state index contributed by atoms with van der Waals surface area (Å²) >= 11 is 0. The van der Waals surface area contributed by atoms with Gasteiger partial charge in [-0.15, -0.1) is 0 Å². The van der Waals surface area contributed by atoms with Crippen LogP contribution in [0.2, 0.25) is 0 Å². The number of H-pyrrole nitrogens is 1. The molecule has 0 aliphatic carbocycles. The van der Waals surface area contributed by atoms with Gasteiger partial charge >= 0.3 is 0 Å². The zero-order chi connectivity index (χ0) is 11.5. The number of rotatable bonds is 2. The first-order valence-electron chi connectivity index (χ1n) is 5.98. The van der Waals surface area contributed by atoms with E-state index in [0.717, 1.165) is 31.7 Å². The van der Waals surface area contributed by atoms with Gasteiger partial charge in [-0.1, -0.05) is 12.1 Å². The van der Waals surface area contributed by atoms with Crippen molar-refractivity contribution in [3.05, 3.63) is 42.5 Å². The average Bonchev–Trinajstić information content (AvgIpc) is 2.78. The standard InChI is InChI=1S/C13H16N4/c1-2-5-13-12(4-1)15-6-3-7-17(13)9-11-8-14-10-16-11/h1-2,4-5,8,10,15H,3,6-7,9H2,(H,14,16). The number of benzene rings is 1. The molecule has 2 aromatic rings. The van der Waals surface area contributed by atoms with E-state index in [2.05, 4.69) is 44.5 Å². The fraction of sp³-hybridized carbons (Fsp3) is 0.308. The Morgan fingerprint density at radius 3 is 3.12 bits per heavy atom. The van der Waals surface area contributed by atoms with Gasteiger partial charge in [0.15, 0.2) is 0 Å². The molecule has 0 unspecified atom stereocenters. The molecular weight excluding hydrogens is 212 g/mol. The number of nitrogens with one attached hydrogen (secondary N) is 2. The van der Waals surface area contributed by atoms with Crippen LogP contribution < -0.4 is 10.2 Å². The van der Waals surface area contributed by atoms with Crippen molar-refractivity contribution >= 4 is 11.4 Å². The molecule has 0 bridgehead atoms. The summed E-state index contributed by atoms with van der Waals surface area (Å²) in [6.07, 6.45) is 4.78. The number of fused-ring (bicyclic) bond motifs is 1. The molecule has 2 N–H and O–H groups in total. The second-order valence-electron chi connectivity index (χ2n) is 4.30. The number of nitrogens with zero attached hydrogens (tertiary/aromatic N) is 2. The SMILES string of the molecule is c1ccc2c(c1)NCCCN2Cc1cnc[nH]1. The fourth-order valence-electron chi connectivity index (χ4n) is 2.25. The summed E-state index contributed by atoms with van der Waals surface area (Å²) in [6, 6.07) is 8.47. The fourth-order valence-corrected chi connectivity index (χ4v) is 2.25. The van der Waals surface area contributed by atoms with Gasteiger partial charge in [-0.25, -0.2) is 4.98 Å². The minimum absolute atomic E-state index is 0.888. The van der Waals surface area contributed by atoms with Crippen molar-refractivity contribution in [2.75, 3.05) is 23.3 Å². The van der Waals surface area contributed by atoms with Crippen LogP contribution in [0.25, 0.3) is 0 Å². The van der Waals surface area contributed by atoms with E-state index in [9.17, 15) is 0 Å². The van der Waals surface area contributed by atoms with Gasteiger partial charge in [0.2, 0.25) is 0 Å². The van der Waals surface area contributed by atoms with Gasteiger partial charge in [-0.05, 0) is 18.6 Å². The molecule has 17 heavy (non-hydrogen) atoms. The van der Waals surface area contributed by atoms with Crippen LogP contribution in [0.1, 0.15) is 12.1 Å². The van der Waals surface area contributed by atoms with Gasteiger partial charge in [0.1, 0.15) is 0 Å². The van der Waals surface area contributed by atoms with Crippen molar-refractivity contribution in [1.82, 2.24) is 9.97 Å². The molecule has 3 rings (SSSR count). The molecule has 2 heterocycles. The van der Waals surface area contributed by atoms with E-state index in [1.54, 1.807) is 6.33 Å².